The van der Waals surface area contributed by atoms with Crippen LogP contribution in [0.25, 0.3) is 0 Å². The summed E-state index contributed by atoms with van der Waals surface area (Å²) >= 11 is 3.62. The molecule has 1 aromatic rings. The third kappa shape index (κ3) is 3.09. The second-order valence-electron chi connectivity index (χ2n) is 6.19. The zero-order chi connectivity index (χ0) is 15.0. The SMILES string of the molecule is CC(C)Oc1ccc(C2NN=C3CCN(C)CC32)cc1Br. The van der Waals surface area contributed by atoms with Gasteiger partial charge in [-0.1, -0.05) is 6.07 Å². The van der Waals surface area contributed by atoms with Crippen molar-refractivity contribution in [2.75, 3.05) is 20.1 Å². The van der Waals surface area contributed by atoms with Gasteiger partial charge in [0.15, 0.2) is 0 Å². The van der Waals surface area contributed by atoms with Crippen molar-refractivity contribution < 1.29 is 4.74 Å². The second-order valence-corrected chi connectivity index (χ2v) is 7.04. The number of hydrogen-bond acceptors (Lipinski definition) is 4. The Morgan fingerprint density at radius 3 is 2.95 bits per heavy atom. The number of hydrazone groups is 1. The summed E-state index contributed by atoms with van der Waals surface area (Å²) in [7, 11) is 2.18. The van der Waals surface area contributed by atoms with Crippen LogP contribution in [0.3, 0.4) is 0 Å². The number of ether oxygens (including phenoxy) is 1. The molecule has 1 N–H and O–H groups in total. The molecule has 0 radical (unpaired) electrons. The summed E-state index contributed by atoms with van der Waals surface area (Å²) < 4.78 is 6.79. The average molecular weight is 352 g/mol. The first kappa shape index (κ1) is 14.9. The zero-order valence-electron chi connectivity index (χ0n) is 12.8. The molecule has 3 rings (SSSR count). The number of piperidine rings is 1. The van der Waals surface area contributed by atoms with Crippen molar-refractivity contribution in [2.45, 2.75) is 32.4 Å². The van der Waals surface area contributed by atoms with E-state index in [1.54, 1.807) is 0 Å². The summed E-state index contributed by atoms with van der Waals surface area (Å²) in [5.74, 6) is 1.38. The quantitative estimate of drug-likeness (QED) is 0.908. The lowest BCUT2D eigenvalue weighted by molar-refractivity contribution is 0.240. The van der Waals surface area contributed by atoms with Crippen LogP contribution in [0.5, 0.6) is 5.75 Å². The van der Waals surface area contributed by atoms with E-state index in [9.17, 15) is 0 Å². The summed E-state index contributed by atoms with van der Waals surface area (Å²) in [6.07, 6.45) is 1.25. The van der Waals surface area contributed by atoms with E-state index in [0.29, 0.717) is 5.92 Å². The molecule has 5 heteroatoms. The molecule has 0 spiro atoms. The highest BCUT2D eigenvalue weighted by atomic mass is 79.9. The van der Waals surface area contributed by atoms with E-state index in [2.05, 4.69) is 50.5 Å². The lowest BCUT2D eigenvalue weighted by atomic mass is 9.86. The summed E-state index contributed by atoms with van der Waals surface area (Å²) in [5.41, 5.74) is 5.90. The molecule has 0 aromatic heterocycles. The molecule has 2 unspecified atom stereocenters. The van der Waals surface area contributed by atoms with E-state index < -0.39 is 0 Å². The molecule has 2 aliphatic heterocycles. The van der Waals surface area contributed by atoms with Crippen LogP contribution in [0.2, 0.25) is 0 Å². The zero-order valence-corrected chi connectivity index (χ0v) is 14.4. The molecule has 1 aromatic carbocycles. The lowest BCUT2D eigenvalue weighted by Crippen LogP contribution is -2.39. The maximum absolute atomic E-state index is 5.78. The van der Waals surface area contributed by atoms with Crippen molar-refractivity contribution in [3.8, 4) is 5.75 Å². The van der Waals surface area contributed by atoms with Gasteiger partial charge >= 0.3 is 0 Å². The van der Waals surface area contributed by atoms with E-state index in [-0.39, 0.29) is 12.1 Å². The van der Waals surface area contributed by atoms with Crippen LogP contribution in [0.4, 0.5) is 0 Å². The van der Waals surface area contributed by atoms with Crippen molar-refractivity contribution in [1.82, 2.24) is 10.3 Å². The molecule has 0 amide bonds. The first-order valence-corrected chi connectivity index (χ1v) is 8.30. The van der Waals surface area contributed by atoms with Gasteiger partial charge in [-0.15, -0.1) is 0 Å². The molecule has 0 saturated carbocycles. The molecule has 21 heavy (non-hydrogen) atoms. The third-order valence-corrected chi connectivity index (χ3v) is 4.73. The third-order valence-electron chi connectivity index (χ3n) is 4.11. The normalized spacial score (nSPS) is 25.5. The Bertz CT molecular complexity index is 558. The van der Waals surface area contributed by atoms with E-state index >= 15 is 0 Å². The summed E-state index contributed by atoms with van der Waals surface area (Å²) in [4.78, 5) is 2.38. The van der Waals surface area contributed by atoms with Gasteiger partial charge in [0.25, 0.3) is 0 Å². The van der Waals surface area contributed by atoms with Crippen molar-refractivity contribution >= 4 is 21.6 Å². The highest BCUT2D eigenvalue weighted by Gasteiger charge is 2.36. The van der Waals surface area contributed by atoms with Crippen LogP contribution in [0.15, 0.2) is 27.8 Å². The topological polar surface area (TPSA) is 36.9 Å². The monoisotopic (exact) mass is 351 g/mol. The van der Waals surface area contributed by atoms with Crippen LogP contribution in [-0.4, -0.2) is 36.9 Å². The van der Waals surface area contributed by atoms with E-state index in [0.717, 1.165) is 29.7 Å². The summed E-state index contributed by atoms with van der Waals surface area (Å²) in [6.45, 7) is 6.25. The molecular weight excluding hydrogens is 330 g/mol. The number of nitrogens with one attached hydrogen (secondary N) is 1. The van der Waals surface area contributed by atoms with Gasteiger partial charge in [0.1, 0.15) is 5.75 Å². The fourth-order valence-electron chi connectivity index (χ4n) is 3.07. The molecule has 1 fully saturated rings. The number of rotatable bonds is 3. The van der Waals surface area contributed by atoms with Crippen molar-refractivity contribution in [2.24, 2.45) is 11.0 Å². The largest absolute Gasteiger partial charge is 0.490 e. The number of halogens is 1. The number of likely N-dealkylation sites (tertiary alicyclic amines) is 1. The molecule has 0 bridgehead atoms. The summed E-state index contributed by atoms with van der Waals surface area (Å²) in [5, 5.41) is 4.54. The molecule has 1 saturated heterocycles. The Labute approximate surface area is 134 Å². The van der Waals surface area contributed by atoms with Crippen LogP contribution in [0.1, 0.15) is 31.9 Å². The van der Waals surface area contributed by atoms with Gasteiger partial charge in [0, 0.05) is 31.1 Å². The number of nitrogens with zero attached hydrogens (tertiary/aromatic N) is 2. The van der Waals surface area contributed by atoms with Crippen molar-refractivity contribution in [3.63, 3.8) is 0 Å². The van der Waals surface area contributed by atoms with Crippen LogP contribution >= 0.6 is 15.9 Å². The predicted molar refractivity (Wildman–Crippen MR) is 88.8 cm³/mol. The Hall–Kier alpha value is -1.07. The Balaban J connectivity index is 1.80. The van der Waals surface area contributed by atoms with E-state index in [1.165, 1.54) is 11.3 Å². The van der Waals surface area contributed by atoms with Crippen LogP contribution in [-0.2, 0) is 0 Å². The Morgan fingerprint density at radius 2 is 2.24 bits per heavy atom. The van der Waals surface area contributed by atoms with Crippen molar-refractivity contribution in [3.05, 3.63) is 28.2 Å². The number of fused-ring (bicyclic) bond motifs is 1. The first-order valence-electron chi connectivity index (χ1n) is 7.51. The maximum atomic E-state index is 5.78. The van der Waals surface area contributed by atoms with Gasteiger partial charge in [0.2, 0.25) is 0 Å². The molecular formula is C16H22BrN3O. The van der Waals surface area contributed by atoms with Gasteiger partial charge in [-0.2, -0.15) is 5.10 Å². The molecule has 0 aliphatic carbocycles. The molecule has 114 valence electrons. The fraction of sp³-hybridized carbons (Fsp3) is 0.562. The summed E-state index contributed by atoms with van der Waals surface area (Å²) in [6, 6.07) is 6.62. The van der Waals surface area contributed by atoms with Gasteiger partial charge in [0.05, 0.1) is 16.6 Å². The highest BCUT2D eigenvalue weighted by molar-refractivity contribution is 9.10. The molecule has 4 nitrogen and oxygen atoms in total. The van der Waals surface area contributed by atoms with Crippen LogP contribution < -0.4 is 10.2 Å². The lowest BCUT2D eigenvalue weighted by Gasteiger charge is -2.31. The van der Waals surface area contributed by atoms with Gasteiger partial charge in [-0.3, -0.25) is 0 Å². The molecule has 2 heterocycles. The Morgan fingerprint density at radius 1 is 1.43 bits per heavy atom. The van der Waals surface area contributed by atoms with Gasteiger partial charge in [-0.05, 0) is 54.5 Å². The molecule has 2 aliphatic rings. The fourth-order valence-corrected chi connectivity index (χ4v) is 3.56. The standard InChI is InChI=1S/C16H22BrN3O/c1-10(2)21-15-5-4-11(8-13(15)17)16-12-9-20(3)7-6-14(12)18-19-16/h4-5,8,10,12,16,19H,6-7,9H2,1-3H3. The minimum absolute atomic E-state index is 0.179. The predicted octanol–water partition coefficient (Wildman–Crippen LogP) is 3.19. The second kappa shape index (κ2) is 5.97. The maximum Gasteiger partial charge on any atom is 0.133 e. The average Bonchev–Trinajstić information content (AvgIpc) is 2.83. The van der Waals surface area contributed by atoms with Crippen LogP contribution in [0, 0.1) is 5.92 Å². The van der Waals surface area contributed by atoms with Gasteiger partial charge < -0.3 is 15.1 Å². The van der Waals surface area contributed by atoms with E-state index in [4.69, 9.17) is 4.74 Å². The minimum Gasteiger partial charge on any atom is -0.490 e. The number of benzene rings is 1. The van der Waals surface area contributed by atoms with Crippen molar-refractivity contribution in [1.29, 1.82) is 0 Å². The Kier molecular flexibility index (Phi) is 4.22. The first-order chi connectivity index (χ1) is 10.0. The van der Waals surface area contributed by atoms with E-state index in [1.807, 2.05) is 19.9 Å². The minimum atomic E-state index is 0.179. The van der Waals surface area contributed by atoms with Gasteiger partial charge in [-0.25, -0.2) is 0 Å². The molecule has 2 atom stereocenters. The smallest absolute Gasteiger partial charge is 0.133 e. The number of hydrogen-bond donors (Lipinski definition) is 1. The highest BCUT2D eigenvalue weighted by Crippen LogP contribution is 2.35.